The molecule has 8 nitrogen and oxygen atoms in total. The van der Waals surface area contributed by atoms with Gasteiger partial charge in [-0.2, -0.15) is 18.2 Å². The minimum atomic E-state index is -4.50. The second-order valence-corrected chi connectivity index (χ2v) is 6.58. The first-order valence-corrected chi connectivity index (χ1v) is 9.47. The molecular weight excluding hydrogens is 429 g/mol. The molecule has 3 rings (SSSR count). The Bertz CT molecular complexity index is 1050. The molecule has 0 spiro atoms. The summed E-state index contributed by atoms with van der Waals surface area (Å²) in [6, 6.07) is 11.3. The summed E-state index contributed by atoms with van der Waals surface area (Å²) in [6.45, 7) is 0.378. The van der Waals surface area contributed by atoms with Crippen LogP contribution in [0.4, 0.5) is 18.9 Å². The minimum Gasteiger partial charge on any atom is -0.460 e. The highest BCUT2D eigenvalue weighted by Crippen LogP contribution is 2.32. The first kappa shape index (κ1) is 23.2. The SMILES string of the molecule is COCCOc1nc(-c2cccc(C(F)(F)F)c2)n(-c2ccc(NC(=O)COC)cc2)n1. The summed E-state index contributed by atoms with van der Waals surface area (Å²) in [4.78, 5) is 15.9. The Hall–Kier alpha value is -3.44. The Balaban J connectivity index is 1.96. The van der Waals surface area contributed by atoms with Crippen molar-refractivity contribution in [1.29, 1.82) is 0 Å². The van der Waals surface area contributed by atoms with Crippen molar-refractivity contribution in [2.45, 2.75) is 6.18 Å². The van der Waals surface area contributed by atoms with Crippen molar-refractivity contribution < 1.29 is 32.2 Å². The van der Waals surface area contributed by atoms with Crippen molar-refractivity contribution in [2.24, 2.45) is 0 Å². The molecule has 0 atom stereocenters. The number of hydrogen-bond donors (Lipinski definition) is 1. The van der Waals surface area contributed by atoms with Crippen molar-refractivity contribution >= 4 is 11.6 Å². The van der Waals surface area contributed by atoms with Crippen molar-refractivity contribution in [3.8, 4) is 23.1 Å². The van der Waals surface area contributed by atoms with Crippen molar-refractivity contribution in [1.82, 2.24) is 14.8 Å². The molecule has 1 aromatic heterocycles. The largest absolute Gasteiger partial charge is 0.460 e. The van der Waals surface area contributed by atoms with Crippen LogP contribution in [0.3, 0.4) is 0 Å². The van der Waals surface area contributed by atoms with E-state index in [1.165, 1.54) is 31.0 Å². The van der Waals surface area contributed by atoms with E-state index in [-0.39, 0.29) is 36.5 Å². The number of carbonyl (C=O) groups excluding carboxylic acids is 1. The summed E-state index contributed by atoms with van der Waals surface area (Å²) in [7, 11) is 2.92. The van der Waals surface area contributed by atoms with Gasteiger partial charge >= 0.3 is 12.2 Å². The predicted molar refractivity (Wildman–Crippen MR) is 110 cm³/mol. The molecule has 1 N–H and O–H groups in total. The summed E-state index contributed by atoms with van der Waals surface area (Å²) >= 11 is 0. The van der Waals surface area contributed by atoms with Gasteiger partial charge in [0.1, 0.15) is 13.2 Å². The first-order valence-electron chi connectivity index (χ1n) is 9.47. The lowest BCUT2D eigenvalue weighted by molar-refractivity contribution is -0.137. The lowest BCUT2D eigenvalue weighted by Gasteiger charge is -2.10. The Kier molecular flexibility index (Phi) is 7.44. The number of nitrogens with zero attached hydrogens (tertiary/aromatic N) is 3. The summed E-state index contributed by atoms with van der Waals surface area (Å²) in [6.07, 6.45) is -4.50. The van der Waals surface area contributed by atoms with Crippen molar-refractivity contribution in [3.05, 3.63) is 54.1 Å². The number of ether oxygens (including phenoxy) is 3. The molecule has 2 aromatic carbocycles. The minimum absolute atomic E-state index is 0.00747. The molecule has 0 aliphatic heterocycles. The molecular formula is C21H21F3N4O4. The van der Waals surface area contributed by atoms with E-state index in [0.717, 1.165) is 12.1 Å². The third-order valence-corrected chi connectivity index (χ3v) is 4.23. The number of benzene rings is 2. The van der Waals surface area contributed by atoms with Crippen LogP contribution in [-0.2, 0) is 20.4 Å². The highest BCUT2D eigenvalue weighted by Gasteiger charge is 2.31. The van der Waals surface area contributed by atoms with E-state index >= 15 is 0 Å². The molecule has 1 amide bonds. The molecule has 0 radical (unpaired) electrons. The molecule has 32 heavy (non-hydrogen) atoms. The van der Waals surface area contributed by atoms with Gasteiger partial charge in [-0.3, -0.25) is 4.79 Å². The van der Waals surface area contributed by atoms with Crippen molar-refractivity contribution in [2.75, 3.05) is 39.4 Å². The van der Waals surface area contributed by atoms with E-state index in [2.05, 4.69) is 15.4 Å². The van der Waals surface area contributed by atoms with Crippen LogP contribution >= 0.6 is 0 Å². The van der Waals surface area contributed by atoms with Gasteiger partial charge in [-0.05, 0) is 36.4 Å². The quantitative estimate of drug-likeness (QED) is 0.502. The van der Waals surface area contributed by atoms with Crippen LogP contribution in [0.2, 0.25) is 0 Å². The van der Waals surface area contributed by atoms with Crippen LogP contribution in [0.5, 0.6) is 6.01 Å². The molecule has 0 unspecified atom stereocenters. The second-order valence-electron chi connectivity index (χ2n) is 6.58. The molecule has 1 heterocycles. The van der Waals surface area contributed by atoms with E-state index in [1.807, 2.05) is 0 Å². The zero-order valence-corrected chi connectivity index (χ0v) is 17.3. The van der Waals surface area contributed by atoms with E-state index in [1.54, 1.807) is 24.3 Å². The number of aromatic nitrogens is 3. The molecule has 11 heteroatoms. The maximum absolute atomic E-state index is 13.2. The summed E-state index contributed by atoms with van der Waals surface area (Å²) < 4.78 is 56.1. The van der Waals surface area contributed by atoms with Crippen LogP contribution < -0.4 is 10.1 Å². The standard InChI is InChI=1S/C21H21F3N4O4/c1-30-10-11-32-20-26-19(14-4-3-5-15(12-14)21(22,23)24)28(27-20)17-8-6-16(7-9-17)25-18(29)13-31-2/h3-9,12H,10-11,13H2,1-2H3,(H,25,29). The Morgan fingerprint density at radius 1 is 1.06 bits per heavy atom. The number of halogens is 3. The van der Waals surface area contributed by atoms with Gasteiger partial charge in [0.15, 0.2) is 5.82 Å². The van der Waals surface area contributed by atoms with Crippen LogP contribution in [0, 0.1) is 0 Å². The van der Waals surface area contributed by atoms with Gasteiger partial charge in [-0.25, -0.2) is 4.68 Å². The molecule has 0 saturated carbocycles. The molecule has 0 aliphatic carbocycles. The highest BCUT2D eigenvalue weighted by molar-refractivity contribution is 5.91. The van der Waals surface area contributed by atoms with Gasteiger partial charge in [0.2, 0.25) is 5.91 Å². The fraction of sp³-hybridized carbons (Fsp3) is 0.286. The van der Waals surface area contributed by atoms with Crippen LogP contribution in [-0.4, -0.2) is 54.7 Å². The Morgan fingerprint density at radius 2 is 1.81 bits per heavy atom. The Morgan fingerprint density at radius 3 is 2.47 bits per heavy atom. The molecule has 3 aromatic rings. The topological polar surface area (TPSA) is 87.5 Å². The number of carbonyl (C=O) groups is 1. The smallest absolute Gasteiger partial charge is 0.416 e. The van der Waals surface area contributed by atoms with Crippen LogP contribution in [0.1, 0.15) is 5.56 Å². The molecule has 0 fully saturated rings. The third kappa shape index (κ3) is 5.83. The molecule has 0 saturated heterocycles. The summed E-state index contributed by atoms with van der Waals surface area (Å²) in [5.74, 6) is -0.154. The number of alkyl halides is 3. The van der Waals surface area contributed by atoms with Gasteiger partial charge < -0.3 is 19.5 Å². The van der Waals surface area contributed by atoms with Gasteiger partial charge in [-0.15, -0.1) is 5.10 Å². The number of rotatable bonds is 9. The van der Waals surface area contributed by atoms with Gasteiger partial charge in [0, 0.05) is 25.5 Å². The maximum Gasteiger partial charge on any atom is 0.416 e. The number of anilines is 1. The predicted octanol–water partition coefficient (Wildman–Crippen LogP) is 3.56. The normalized spacial score (nSPS) is 11.4. The average molecular weight is 450 g/mol. The maximum atomic E-state index is 13.2. The lowest BCUT2D eigenvalue weighted by atomic mass is 10.1. The lowest BCUT2D eigenvalue weighted by Crippen LogP contribution is -2.17. The van der Waals surface area contributed by atoms with E-state index < -0.39 is 11.7 Å². The van der Waals surface area contributed by atoms with E-state index in [4.69, 9.17) is 14.2 Å². The zero-order chi connectivity index (χ0) is 23.1. The van der Waals surface area contributed by atoms with Crippen molar-refractivity contribution in [3.63, 3.8) is 0 Å². The van der Waals surface area contributed by atoms with Gasteiger partial charge in [0.05, 0.1) is 17.9 Å². The number of hydrogen-bond acceptors (Lipinski definition) is 6. The highest BCUT2D eigenvalue weighted by atomic mass is 19.4. The second kappa shape index (κ2) is 10.2. The van der Waals surface area contributed by atoms with Crippen LogP contribution in [0.15, 0.2) is 48.5 Å². The zero-order valence-electron chi connectivity index (χ0n) is 17.3. The number of methoxy groups -OCH3 is 2. The molecule has 170 valence electrons. The monoisotopic (exact) mass is 450 g/mol. The number of amides is 1. The van der Waals surface area contributed by atoms with Gasteiger partial charge in [0.25, 0.3) is 0 Å². The first-order chi connectivity index (χ1) is 15.3. The summed E-state index contributed by atoms with van der Waals surface area (Å²) in [5.41, 5.74) is 0.443. The Labute approximate surface area is 181 Å². The average Bonchev–Trinajstić information content (AvgIpc) is 3.18. The molecule has 0 aliphatic rings. The van der Waals surface area contributed by atoms with E-state index in [0.29, 0.717) is 18.0 Å². The van der Waals surface area contributed by atoms with Gasteiger partial charge in [-0.1, -0.05) is 12.1 Å². The third-order valence-electron chi connectivity index (χ3n) is 4.23. The fourth-order valence-corrected chi connectivity index (χ4v) is 2.79. The summed E-state index contributed by atoms with van der Waals surface area (Å²) in [5, 5.41) is 6.94. The van der Waals surface area contributed by atoms with E-state index in [9.17, 15) is 18.0 Å². The molecule has 0 bridgehead atoms. The fourth-order valence-electron chi connectivity index (χ4n) is 2.79. The van der Waals surface area contributed by atoms with Crippen LogP contribution in [0.25, 0.3) is 17.1 Å². The number of nitrogens with one attached hydrogen (secondary N) is 1.